The summed E-state index contributed by atoms with van der Waals surface area (Å²) in [5, 5.41) is 3.06. The molecule has 4 rings (SSSR count). The third kappa shape index (κ3) is 2.94. The lowest BCUT2D eigenvalue weighted by Crippen LogP contribution is -2.18. The fourth-order valence-corrected chi connectivity index (χ4v) is 3.17. The zero-order chi connectivity index (χ0) is 18.3. The number of esters is 1. The Morgan fingerprint density at radius 1 is 0.923 bits per heavy atom. The number of halogens is 2. The van der Waals surface area contributed by atoms with Gasteiger partial charge in [-0.3, -0.25) is 0 Å². The molecule has 0 fully saturated rings. The second kappa shape index (κ2) is 6.48. The van der Waals surface area contributed by atoms with Gasteiger partial charge in [0.15, 0.2) is 0 Å². The molecule has 4 nitrogen and oxygen atoms in total. The molecular formula is C20H10Cl2O4. The van der Waals surface area contributed by atoms with Gasteiger partial charge in [-0.1, -0.05) is 53.5 Å². The van der Waals surface area contributed by atoms with Gasteiger partial charge in [0.1, 0.15) is 16.9 Å². The smallest absolute Gasteiger partial charge is 0.351 e. The summed E-state index contributed by atoms with van der Waals surface area (Å²) in [6.07, 6.45) is 0. The van der Waals surface area contributed by atoms with Gasteiger partial charge in [-0.2, -0.15) is 0 Å². The van der Waals surface area contributed by atoms with Crippen molar-refractivity contribution in [3.8, 4) is 5.75 Å². The Kier molecular flexibility index (Phi) is 4.15. The van der Waals surface area contributed by atoms with Crippen LogP contribution in [0.25, 0.3) is 21.7 Å². The Morgan fingerprint density at radius 2 is 1.73 bits per heavy atom. The summed E-state index contributed by atoms with van der Waals surface area (Å²) in [5.74, 6) is -0.740. The van der Waals surface area contributed by atoms with Crippen molar-refractivity contribution in [1.29, 1.82) is 0 Å². The molecule has 4 aromatic rings. The van der Waals surface area contributed by atoms with Crippen LogP contribution < -0.4 is 10.4 Å². The maximum atomic E-state index is 12.5. The number of carbonyl (C=O) groups is 1. The highest BCUT2D eigenvalue weighted by molar-refractivity contribution is 6.35. The van der Waals surface area contributed by atoms with Crippen molar-refractivity contribution >= 4 is 50.9 Å². The number of fused-ring (bicyclic) bond motifs is 3. The first-order chi connectivity index (χ1) is 12.5. The summed E-state index contributed by atoms with van der Waals surface area (Å²) in [6, 6.07) is 17.1. The number of ether oxygens (including phenoxy) is 1. The molecule has 3 aromatic carbocycles. The van der Waals surface area contributed by atoms with Gasteiger partial charge in [-0.15, -0.1) is 0 Å². The number of rotatable bonds is 2. The van der Waals surface area contributed by atoms with E-state index in [1.54, 1.807) is 6.07 Å². The standard InChI is InChI=1S/C20H10Cl2O4/c21-12-6-8-18(16(22)9-12)26-20(24)15-10-14-13-4-2-1-3-11(13)5-7-17(14)25-19(15)23/h1-10H. The first kappa shape index (κ1) is 16.6. The molecule has 0 unspecified atom stereocenters. The lowest BCUT2D eigenvalue weighted by atomic mass is 10.0. The van der Waals surface area contributed by atoms with Crippen LogP contribution in [0.3, 0.4) is 0 Å². The number of carbonyl (C=O) groups excluding carboxylic acids is 1. The Balaban J connectivity index is 1.82. The molecule has 128 valence electrons. The quantitative estimate of drug-likeness (QED) is 0.199. The van der Waals surface area contributed by atoms with E-state index in [9.17, 15) is 9.59 Å². The van der Waals surface area contributed by atoms with Crippen LogP contribution in [0.4, 0.5) is 0 Å². The molecule has 0 saturated carbocycles. The van der Waals surface area contributed by atoms with E-state index in [1.807, 2.05) is 30.3 Å². The Labute approximate surface area is 157 Å². The number of hydrogen-bond donors (Lipinski definition) is 0. The number of hydrogen-bond acceptors (Lipinski definition) is 4. The fraction of sp³-hybridized carbons (Fsp3) is 0. The predicted octanol–water partition coefficient (Wildman–Crippen LogP) is 5.47. The molecule has 0 saturated heterocycles. The summed E-state index contributed by atoms with van der Waals surface area (Å²) in [4.78, 5) is 24.7. The van der Waals surface area contributed by atoms with Crippen molar-refractivity contribution in [1.82, 2.24) is 0 Å². The van der Waals surface area contributed by atoms with Gasteiger partial charge in [0.2, 0.25) is 0 Å². The molecule has 0 N–H and O–H groups in total. The summed E-state index contributed by atoms with van der Waals surface area (Å²) in [5.41, 5.74) is -0.586. The average molecular weight is 385 g/mol. The van der Waals surface area contributed by atoms with Crippen LogP contribution >= 0.6 is 23.2 Å². The topological polar surface area (TPSA) is 56.5 Å². The molecule has 0 atom stereocenters. The van der Waals surface area contributed by atoms with Gasteiger partial charge < -0.3 is 9.15 Å². The van der Waals surface area contributed by atoms with Gasteiger partial charge >= 0.3 is 11.6 Å². The Bertz CT molecular complexity index is 1230. The van der Waals surface area contributed by atoms with Crippen molar-refractivity contribution in [2.24, 2.45) is 0 Å². The highest BCUT2D eigenvalue weighted by atomic mass is 35.5. The third-order valence-corrected chi connectivity index (χ3v) is 4.49. The second-order valence-electron chi connectivity index (χ2n) is 5.61. The predicted molar refractivity (Wildman–Crippen MR) is 101 cm³/mol. The van der Waals surface area contributed by atoms with Crippen LogP contribution in [0.15, 0.2) is 69.9 Å². The molecule has 0 radical (unpaired) electrons. The molecule has 26 heavy (non-hydrogen) atoms. The minimum Gasteiger partial charge on any atom is -0.422 e. The Hall–Kier alpha value is -2.82. The third-order valence-electron chi connectivity index (χ3n) is 3.96. The van der Waals surface area contributed by atoms with E-state index in [0.29, 0.717) is 16.0 Å². The molecule has 0 spiro atoms. The average Bonchev–Trinajstić information content (AvgIpc) is 2.63. The molecule has 0 aliphatic carbocycles. The normalized spacial score (nSPS) is 11.0. The zero-order valence-corrected chi connectivity index (χ0v) is 14.7. The molecular weight excluding hydrogens is 375 g/mol. The zero-order valence-electron chi connectivity index (χ0n) is 13.2. The van der Waals surface area contributed by atoms with E-state index < -0.39 is 11.6 Å². The molecule has 0 aliphatic heterocycles. The summed E-state index contributed by atoms with van der Waals surface area (Å²) in [6.45, 7) is 0. The van der Waals surface area contributed by atoms with E-state index in [0.717, 1.165) is 10.8 Å². The van der Waals surface area contributed by atoms with E-state index in [4.69, 9.17) is 32.4 Å². The maximum absolute atomic E-state index is 12.5. The van der Waals surface area contributed by atoms with Crippen LogP contribution in [-0.2, 0) is 0 Å². The summed E-state index contributed by atoms with van der Waals surface area (Å²) in [7, 11) is 0. The minimum atomic E-state index is -0.849. The monoisotopic (exact) mass is 384 g/mol. The highest BCUT2D eigenvalue weighted by Crippen LogP contribution is 2.29. The SMILES string of the molecule is O=C(Oc1ccc(Cl)cc1Cl)c1cc2c(ccc3ccccc32)oc1=O. The van der Waals surface area contributed by atoms with Crippen LogP contribution in [0.1, 0.15) is 10.4 Å². The minimum absolute atomic E-state index is 0.110. The van der Waals surface area contributed by atoms with Gasteiger partial charge in [0.25, 0.3) is 0 Å². The first-order valence-electron chi connectivity index (χ1n) is 7.66. The molecule has 1 aromatic heterocycles. The van der Waals surface area contributed by atoms with Gasteiger partial charge in [-0.05, 0) is 41.1 Å². The van der Waals surface area contributed by atoms with Crippen molar-refractivity contribution < 1.29 is 13.9 Å². The molecule has 1 heterocycles. The van der Waals surface area contributed by atoms with E-state index >= 15 is 0 Å². The van der Waals surface area contributed by atoms with E-state index in [1.165, 1.54) is 24.3 Å². The Morgan fingerprint density at radius 3 is 2.54 bits per heavy atom. The van der Waals surface area contributed by atoms with Gasteiger partial charge in [-0.25, -0.2) is 9.59 Å². The number of benzene rings is 3. The second-order valence-corrected chi connectivity index (χ2v) is 6.45. The molecule has 0 amide bonds. The maximum Gasteiger partial charge on any atom is 0.351 e. The molecule has 6 heteroatoms. The first-order valence-corrected chi connectivity index (χ1v) is 8.41. The summed E-state index contributed by atoms with van der Waals surface area (Å²) >= 11 is 11.8. The highest BCUT2D eigenvalue weighted by Gasteiger charge is 2.18. The van der Waals surface area contributed by atoms with Crippen molar-refractivity contribution in [2.45, 2.75) is 0 Å². The largest absolute Gasteiger partial charge is 0.422 e. The van der Waals surface area contributed by atoms with Crippen molar-refractivity contribution in [3.05, 3.63) is 86.7 Å². The van der Waals surface area contributed by atoms with Crippen molar-refractivity contribution in [2.75, 3.05) is 0 Å². The lowest BCUT2D eigenvalue weighted by molar-refractivity contribution is 0.0730. The van der Waals surface area contributed by atoms with Crippen molar-refractivity contribution in [3.63, 3.8) is 0 Å². The molecule has 0 bridgehead atoms. The van der Waals surface area contributed by atoms with Crippen LogP contribution in [0, 0.1) is 0 Å². The lowest BCUT2D eigenvalue weighted by Gasteiger charge is -2.07. The van der Waals surface area contributed by atoms with E-state index in [2.05, 4.69) is 0 Å². The van der Waals surface area contributed by atoms with Gasteiger partial charge in [0.05, 0.1) is 5.02 Å². The summed E-state index contributed by atoms with van der Waals surface area (Å²) < 4.78 is 10.5. The molecule has 0 aliphatic rings. The fourth-order valence-electron chi connectivity index (χ4n) is 2.73. The van der Waals surface area contributed by atoms with Gasteiger partial charge in [0, 0.05) is 10.4 Å². The van der Waals surface area contributed by atoms with Crippen LogP contribution in [-0.4, -0.2) is 5.97 Å². The van der Waals surface area contributed by atoms with Crippen LogP contribution in [0.5, 0.6) is 5.75 Å². The van der Waals surface area contributed by atoms with Crippen LogP contribution in [0.2, 0.25) is 10.0 Å². The van der Waals surface area contributed by atoms with E-state index in [-0.39, 0.29) is 16.3 Å².